The molecule has 1 heterocycles. The van der Waals surface area contributed by atoms with Gasteiger partial charge in [0.25, 0.3) is 0 Å². The van der Waals surface area contributed by atoms with Gasteiger partial charge < -0.3 is 14.8 Å². The number of para-hydroxylation sites is 1. The maximum absolute atomic E-state index is 12.0. The number of ether oxygens (including phenoxy) is 2. The fraction of sp³-hybridized carbons (Fsp3) is 0.562. The number of amides is 1. The van der Waals surface area contributed by atoms with Crippen LogP contribution in [0.1, 0.15) is 6.42 Å². The smallest absolute Gasteiger partial charge is 0.223 e. The summed E-state index contributed by atoms with van der Waals surface area (Å²) in [7, 11) is -0.327. The molecule has 7 nitrogen and oxygen atoms in total. The molecule has 0 spiro atoms. The quantitative estimate of drug-likeness (QED) is 0.732. The molecule has 0 bridgehead atoms. The lowest BCUT2D eigenvalue weighted by Gasteiger charge is -2.21. The van der Waals surface area contributed by atoms with Crippen molar-refractivity contribution in [1.82, 2.24) is 9.62 Å². The average molecular weight is 356 g/mol. The standard InChI is InChI=1S/C16H24N2O5S/c1-18(2)24(20,21)12-13-10-22-11-15(13)17-16(19)8-9-23-14-6-4-3-5-7-14/h3-7,13,15H,8-12H2,1-2H3,(H,17,19). The van der Waals surface area contributed by atoms with Gasteiger partial charge in [-0.3, -0.25) is 4.79 Å². The zero-order valence-electron chi connectivity index (χ0n) is 14.0. The second-order valence-electron chi connectivity index (χ2n) is 5.94. The first-order chi connectivity index (χ1) is 11.4. The van der Waals surface area contributed by atoms with Crippen molar-refractivity contribution in [3.63, 3.8) is 0 Å². The van der Waals surface area contributed by atoms with Crippen LogP contribution in [0.3, 0.4) is 0 Å². The molecule has 2 rings (SSSR count). The van der Waals surface area contributed by atoms with Gasteiger partial charge >= 0.3 is 0 Å². The molecule has 1 aliphatic heterocycles. The van der Waals surface area contributed by atoms with Crippen LogP contribution in [0.2, 0.25) is 0 Å². The molecule has 1 aliphatic rings. The first kappa shape index (κ1) is 18.7. The Morgan fingerprint density at radius 1 is 1.29 bits per heavy atom. The van der Waals surface area contributed by atoms with Crippen LogP contribution in [0.15, 0.2) is 30.3 Å². The lowest BCUT2D eigenvalue weighted by Crippen LogP contribution is -2.43. The van der Waals surface area contributed by atoms with E-state index >= 15 is 0 Å². The Morgan fingerprint density at radius 2 is 2.00 bits per heavy atom. The summed E-state index contributed by atoms with van der Waals surface area (Å²) in [6, 6.07) is 8.98. The number of hydrogen-bond acceptors (Lipinski definition) is 5. The first-order valence-corrected chi connectivity index (χ1v) is 9.44. The topological polar surface area (TPSA) is 84.9 Å². The summed E-state index contributed by atoms with van der Waals surface area (Å²) >= 11 is 0. The highest BCUT2D eigenvalue weighted by molar-refractivity contribution is 7.89. The molecular weight excluding hydrogens is 332 g/mol. The molecule has 1 saturated heterocycles. The Hall–Kier alpha value is -1.64. The van der Waals surface area contributed by atoms with Crippen LogP contribution in [0.25, 0.3) is 0 Å². The van der Waals surface area contributed by atoms with E-state index in [9.17, 15) is 13.2 Å². The lowest BCUT2D eigenvalue weighted by molar-refractivity contribution is -0.122. The molecule has 24 heavy (non-hydrogen) atoms. The van der Waals surface area contributed by atoms with E-state index in [4.69, 9.17) is 9.47 Å². The average Bonchev–Trinajstić information content (AvgIpc) is 2.94. The molecule has 0 aliphatic carbocycles. The van der Waals surface area contributed by atoms with Gasteiger partial charge in [0.15, 0.2) is 0 Å². The molecule has 1 N–H and O–H groups in total. The predicted octanol–water partition coefficient (Wildman–Crippen LogP) is 0.478. The normalized spacial score (nSPS) is 21.0. The van der Waals surface area contributed by atoms with E-state index in [0.717, 1.165) is 0 Å². The van der Waals surface area contributed by atoms with Crippen molar-refractivity contribution in [1.29, 1.82) is 0 Å². The molecular formula is C16H24N2O5S. The van der Waals surface area contributed by atoms with Gasteiger partial charge in [0.1, 0.15) is 5.75 Å². The van der Waals surface area contributed by atoms with Crippen molar-refractivity contribution in [3.8, 4) is 5.75 Å². The summed E-state index contributed by atoms with van der Waals surface area (Å²) < 4.78 is 36.0. The minimum Gasteiger partial charge on any atom is -0.493 e. The van der Waals surface area contributed by atoms with E-state index in [1.165, 1.54) is 18.4 Å². The van der Waals surface area contributed by atoms with Gasteiger partial charge in [0.05, 0.1) is 38.0 Å². The Bertz CT molecular complexity index is 633. The monoisotopic (exact) mass is 356 g/mol. The molecule has 0 radical (unpaired) electrons. The number of nitrogens with zero attached hydrogens (tertiary/aromatic N) is 1. The largest absolute Gasteiger partial charge is 0.493 e. The number of sulfonamides is 1. The Balaban J connectivity index is 1.78. The van der Waals surface area contributed by atoms with Crippen molar-refractivity contribution in [2.75, 3.05) is 39.7 Å². The molecule has 2 atom stereocenters. The summed E-state index contributed by atoms with van der Waals surface area (Å²) in [4.78, 5) is 12.0. The SMILES string of the molecule is CN(C)S(=O)(=O)CC1COCC1NC(=O)CCOc1ccccc1. The molecule has 2 unspecified atom stereocenters. The van der Waals surface area contributed by atoms with E-state index in [1.807, 2.05) is 30.3 Å². The third-order valence-electron chi connectivity index (χ3n) is 3.87. The molecule has 1 fully saturated rings. The van der Waals surface area contributed by atoms with E-state index in [2.05, 4.69) is 5.32 Å². The fourth-order valence-corrected chi connectivity index (χ4v) is 3.57. The third-order valence-corrected chi connectivity index (χ3v) is 5.83. The van der Waals surface area contributed by atoms with Crippen LogP contribution in [0, 0.1) is 5.92 Å². The second kappa shape index (κ2) is 8.46. The Morgan fingerprint density at radius 3 is 2.67 bits per heavy atom. The lowest BCUT2D eigenvalue weighted by atomic mass is 10.1. The van der Waals surface area contributed by atoms with Gasteiger partial charge in [-0.15, -0.1) is 0 Å². The highest BCUT2D eigenvalue weighted by Gasteiger charge is 2.33. The third kappa shape index (κ3) is 5.47. The number of carbonyl (C=O) groups excluding carboxylic acids is 1. The van der Waals surface area contributed by atoms with Crippen molar-refractivity contribution in [3.05, 3.63) is 30.3 Å². The van der Waals surface area contributed by atoms with Gasteiger partial charge in [-0.1, -0.05) is 18.2 Å². The minimum atomic E-state index is -3.33. The van der Waals surface area contributed by atoms with Crippen LogP contribution in [-0.4, -0.2) is 64.3 Å². The summed E-state index contributed by atoms with van der Waals surface area (Å²) in [5, 5.41) is 2.85. The predicted molar refractivity (Wildman–Crippen MR) is 90.3 cm³/mol. The molecule has 1 aromatic rings. The molecule has 134 valence electrons. The van der Waals surface area contributed by atoms with Crippen LogP contribution >= 0.6 is 0 Å². The summed E-state index contributed by atoms with van der Waals surface area (Å²) in [5.74, 6) is 0.264. The van der Waals surface area contributed by atoms with Crippen LogP contribution < -0.4 is 10.1 Å². The number of nitrogens with one attached hydrogen (secondary N) is 1. The van der Waals surface area contributed by atoms with Crippen molar-refractivity contribution in [2.24, 2.45) is 5.92 Å². The van der Waals surface area contributed by atoms with Gasteiger partial charge in [-0.2, -0.15) is 0 Å². The van der Waals surface area contributed by atoms with Crippen LogP contribution in [0.5, 0.6) is 5.75 Å². The highest BCUT2D eigenvalue weighted by atomic mass is 32.2. The highest BCUT2D eigenvalue weighted by Crippen LogP contribution is 2.17. The van der Waals surface area contributed by atoms with E-state index in [0.29, 0.717) is 19.0 Å². The molecule has 8 heteroatoms. The number of carbonyl (C=O) groups is 1. The van der Waals surface area contributed by atoms with Crippen molar-refractivity contribution >= 4 is 15.9 Å². The van der Waals surface area contributed by atoms with Gasteiger partial charge in [-0.05, 0) is 12.1 Å². The molecule has 0 saturated carbocycles. The second-order valence-corrected chi connectivity index (χ2v) is 8.17. The summed E-state index contributed by atoms with van der Waals surface area (Å²) in [5.41, 5.74) is 0. The Labute approximate surface area is 143 Å². The summed E-state index contributed by atoms with van der Waals surface area (Å²) in [6.07, 6.45) is 0.207. The first-order valence-electron chi connectivity index (χ1n) is 7.83. The van der Waals surface area contributed by atoms with Crippen molar-refractivity contribution < 1.29 is 22.7 Å². The minimum absolute atomic E-state index is 0.0362. The van der Waals surface area contributed by atoms with E-state index < -0.39 is 10.0 Å². The van der Waals surface area contributed by atoms with Crippen LogP contribution in [-0.2, 0) is 19.6 Å². The van der Waals surface area contributed by atoms with Gasteiger partial charge in [0.2, 0.25) is 15.9 Å². The maximum atomic E-state index is 12.0. The number of rotatable bonds is 8. The Kier molecular flexibility index (Phi) is 6.59. The molecule has 1 amide bonds. The van der Waals surface area contributed by atoms with Gasteiger partial charge in [-0.25, -0.2) is 12.7 Å². The van der Waals surface area contributed by atoms with Gasteiger partial charge in [0, 0.05) is 20.0 Å². The maximum Gasteiger partial charge on any atom is 0.223 e. The fourth-order valence-electron chi connectivity index (χ4n) is 2.40. The van der Waals surface area contributed by atoms with Crippen molar-refractivity contribution in [2.45, 2.75) is 12.5 Å². The molecule has 1 aromatic carbocycles. The molecule has 0 aromatic heterocycles. The summed E-state index contributed by atoms with van der Waals surface area (Å²) in [6.45, 7) is 0.932. The van der Waals surface area contributed by atoms with E-state index in [-0.39, 0.29) is 36.6 Å². The van der Waals surface area contributed by atoms with Crippen LogP contribution in [0.4, 0.5) is 0 Å². The number of benzene rings is 1. The zero-order chi connectivity index (χ0) is 17.6. The van der Waals surface area contributed by atoms with E-state index in [1.54, 1.807) is 0 Å². The zero-order valence-corrected chi connectivity index (χ0v) is 14.8. The number of hydrogen-bond donors (Lipinski definition) is 1.